The van der Waals surface area contributed by atoms with Crippen LogP contribution in [0.25, 0.3) is 10.9 Å². The van der Waals surface area contributed by atoms with Crippen molar-refractivity contribution in [3.8, 4) is 0 Å². The van der Waals surface area contributed by atoms with Crippen LogP contribution in [0.2, 0.25) is 0 Å². The van der Waals surface area contributed by atoms with Gasteiger partial charge >= 0.3 is 0 Å². The molecule has 4 aliphatic carbocycles. The summed E-state index contributed by atoms with van der Waals surface area (Å²) in [4.78, 5) is 15.9. The van der Waals surface area contributed by atoms with E-state index < -0.39 is 0 Å². The normalized spacial score (nSPS) is 40.7. The van der Waals surface area contributed by atoms with Crippen LogP contribution in [0.3, 0.4) is 0 Å². The second kappa shape index (κ2) is 10.3. The number of aliphatic hydroxyl groups excluding tert-OH is 2. The summed E-state index contributed by atoms with van der Waals surface area (Å²) in [6.07, 6.45) is 13.2. The molecule has 0 saturated heterocycles. The van der Waals surface area contributed by atoms with Gasteiger partial charge in [0, 0.05) is 29.1 Å². The monoisotopic (exact) mass is 533 g/mol. The maximum absolute atomic E-state index is 12.7. The number of nitrogens with one attached hydrogen (secondary N) is 2. The quantitative estimate of drug-likeness (QED) is 0.270. The van der Waals surface area contributed by atoms with Gasteiger partial charge in [-0.25, -0.2) is 5.43 Å². The number of hydrogen-bond donors (Lipinski definition) is 4. The average Bonchev–Trinajstić information content (AvgIpc) is 3.49. The van der Waals surface area contributed by atoms with Crippen LogP contribution >= 0.6 is 0 Å². The van der Waals surface area contributed by atoms with Crippen molar-refractivity contribution in [2.24, 2.45) is 51.4 Å². The second-order valence-corrected chi connectivity index (χ2v) is 14.1. The summed E-state index contributed by atoms with van der Waals surface area (Å²) in [5.41, 5.74) is 5.27. The van der Waals surface area contributed by atoms with Crippen LogP contribution in [0.4, 0.5) is 0 Å². The zero-order chi connectivity index (χ0) is 27.4. The number of carbonyl (C=O) groups is 1. The molecule has 212 valence electrons. The molecule has 1 aromatic carbocycles. The van der Waals surface area contributed by atoms with E-state index in [9.17, 15) is 15.0 Å². The minimum Gasteiger partial charge on any atom is -0.393 e. The van der Waals surface area contributed by atoms with Crippen LogP contribution in [-0.4, -0.2) is 39.5 Å². The van der Waals surface area contributed by atoms with E-state index in [0.717, 1.165) is 48.6 Å². The molecule has 1 heterocycles. The second-order valence-electron chi connectivity index (χ2n) is 14.1. The number of para-hydroxylation sites is 1. The number of nitrogens with zero attached hydrogens (tertiary/aromatic N) is 1. The van der Waals surface area contributed by atoms with Crippen molar-refractivity contribution >= 4 is 23.0 Å². The number of amides is 1. The summed E-state index contributed by atoms with van der Waals surface area (Å²) in [6, 6.07) is 8.07. The van der Waals surface area contributed by atoms with E-state index in [1.54, 1.807) is 6.21 Å². The Balaban J connectivity index is 1.06. The first-order chi connectivity index (χ1) is 18.7. The summed E-state index contributed by atoms with van der Waals surface area (Å²) < 4.78 is 0. The number of hydrazone groups is 1. The summed E-state index contributed by atoms with van der Waals surface area (Å²) in [7, 11) is 0. The van der Waals surface area contributed by atoms with E-state index in [1.165, 1.54) is 25.7 Å². The van der Waals surface area contributed by atoms with Gasteiger partial charge in [0.25, 0.3) is 0 Å². The van der Waals surface area contributed by atoms with Crippen LogP contribution in [0.1, 0.15) is 90.5 Å². The van der Waals surface area contributed by atoms with Gasteiger partial charge in [-0.05, 0) is 110 Å². The van der Waals surface area contributed by atoms with E-state index in [-0.39, 0.29) is 28.9 Å². The zero-order valence-electron chi connectivity index (χ0n) is 23.9. The standard InChI is InChI=1S/C33H47N3O3/c1-20(8-11-30(39)36-35-19-21-18-34-28-7-5-4-6-24(21)28)25-9-10-26-31-27(13-15-33(25,26)3)32(2)14-12-23(37)16-22(32)17-29(31)38/h4-7,18-20,22-23,25-27,29,31,34,37-38H,8-17H2,1-3H3,(H,36,39)/b35-19+/t20-,22+,23-,25-,26+,27+,29+,31+,32-,33-/m0/s1. The van der Waals surface area contributed by atoms with Crippen LogP contribution in [-0.2, 0) is 4.79 Å². The highest BCUT2D eigenvalue weighted by atomic mass is 16.3. The molecule has 4 saturated carbocycles. The van der Waals surface area contributed by atoms with Gasteiger partial charge in [0.2, 0.25) is 5.91 Å². The van der Waals surface area contributed by atoms with Gasteiger partial charge < -0.3 is 15.2 Å². The Kier molecular flexibility index (Phi) is 7.16. The number of aliphatic hydroxyl groups is 2. The number of aromatic nitrogens is 1. The molecule has 6 heteroatoms. The molecule has 4 aliphatic rings. The van der Waals surface area contributed by atoms with Gasteiger partial charge in [0.15, 0.2) is 0 Å². The number of hydrogen-bond acceptors (Lipinski definition) is 4. The third-order valence-electron chi connectivity index (χ3n) is 12.3. The molecule has 1 amide bonds. The third kappa shape index (κ3) is 4.65. The maximum Gasteiger partial charge on any atom is 0.240 e. The first kappa shape index (κ1) is 27.0. The average molecular weight is 534 g/mol. The SMILES string of the molecule is C[C@@H](CCC(=O)N/N=C/c1c[nH]c2ccccc12)[C@@H]1CC[C@@H]2[C@H]3[C@H](O)C[C@H]4C[C@@H](O)CC[C@]4(C)[C@@H]3CC[C@]21C. The summed E-state index contributed by atoms with van der Waals surface area (Å²) in [5.74, 6) is 3.02. The fraction of sp³-hybridized carbons (Fsp3) is 0.697. The van der Waals surface area contributed by atoms with Crippen molar-refractivity contribution in [3.63, 3.8) is 0 Å². The predicted molar refractivity (Wildman–Crippen MR) is 155 cm³/mol. The Morgan fingerprint density at radius 2 is 1.87 bits per heavy atom. The number of benzene rings is 1. The molecular weight excluding hydrogens is 486 g/mol. The number of carbonyl (C=O) groups excluding carboxylic acids is 1. The van der Waals surface area contributed by atoms with Crippen molar-refractivity contribution < 1.29 is 15.0 Å². The number of aromatic amines is 1. The van der Waals surface area contributed by atoms with Gasteiger partial charge in [-0.3, -0.25) is 4.79 Å². The Labute approximate surface area is 233 Å². The molecule has 4 N–H and O–H groups in total. The highest BCUT2D eigenvalue weighted by molar-refractivity contribution is 5.99. The van der Waals surface area contributed by atoms with Gasteiger partial charge in [0.05, 0.1) is 18.4 Å². The van der Waals surface area contributed by atoms with E-state index >= 15 is 0 Å². The molecule has 2 aromatic rings. The van der Waals surface area contributed by atoms with E-state index in [0.29, 0.717) is 41.9 Å². The Morgan fingerprint density at radius 3 is 2.72 bits per heavy atom. The molecule has 0 aliphatic heterocycles. The third-order valence-corrected chi connectivity index (χ3v) is 12.3. The molecule has 1 aromatic heterocycles. The van der Waals surface area contributed by atoms with Gasteiger partial charge in [-0.15, -0.1) is 0 Å². The minimum absolute atomic E-state index is 0.0255. The first-order valence-corrected chi connectivity index (χ1v) is 15.4. The molecule has 0 spiro atoms. The number of H-pyrrole nitrogens is 1. The topological polar surface area (TPSA) is 97.7 Å². The molecule has 6 rings (SSSR count). The first-order valence-electron chi connectivity index (χ1n) is 15.4. The van der Waals surface area contributed by atoms with Crippen LogP contribution in [0.15, 0.2) is 35.6 Å². The molecule has 10 atom stereocenters. The van der Waals surface area contributed by atoms with E-state index in [2.05, 4.69) is 36.3 Å². The molecule has 39 heavy (non-hydrogen) atoms. The lowest BCUT2D eigenvalue weighted by molar-refractivity contribution is -0.174. The van der Waals surface area contributed by atoms with Crippen molar-refractivity contribution in [1.29, 1.82) is 0 Å². The van der Waals surface area contributed by atoms with Crippen LogP contribution in [0.5, 0.6) is 0 Å². The summed E-state index contributed by atoms with van der Waals surface area (Å²) >= 11 is 0. The van der Waals surface area contributed by atoms with Crippen LogP contribution in [0, 0.1) is 46.3 Å². The highest BCUT2D eigenvalue weighted by Crippen LogP contribution is 2.68. The maximum atomic E-state index is 12.7. The Morgan fingerprint density at radius 1 is 1.10 bits per heavy atom. The molecule has 4 fully saturated rings. The fourth-order valence-corrected chi connectivity index (χ4v) is 10.2. The van der Waals surface area contributed by atoms with Gasteiger partial charge in [0.1, 0.15) is 0 Å². The molecule has 0 unspecified atom stereocenters. The predicted octanol–water partition coefficient (Wildman–Crippen LogP) is 6.02. The van der Waals surface area contributed by atoms with E-state index in [1.807, 2.05) is 30.5 Å². The molecular formula is C33H47N3O3. The smallest absolute Gasteiger partial charge is 0.240 e. The van der Waals surface area contributed by atoms with Crippen molar-refractivity contribution in [3.05, 3.63) is 36.0 Å². The zero-order valence-corrected chi connectivity index (χ0v) is 23.9. The van der Waals surface area contributed by atoms with Crippen molar-refractivity contribution in [2.75, 3.05) is 0 Å². The largest absolute Gasteiger partial charge is 0.393 e. The van der Waals surface area contributed by atoms with Gasteiger partial charge in [-0.1, -0.05) is 39.0 Å². The summed E-state index contributed by atoms with van der Waals surface area (Å²) in [5, 5.41) is 27.1. The summed E-state index contributed by atoms with van der Waals surface area (Å²) in [6.45, 7) is 7.31. The highest BCUT2D eigenvalue weighted by Gasteiger charge is 2.62. The van der Waals surface area contributed by atoms with Crippen molar-refractivity contribution in [2.45, 2.75) is 97.2 Å². The molecule has 0 radical (unpaired) electrons. The fourth-order valence-electron chi connectivity index (χ4n) is 10.2. The minimum atomic E-state index is -0.238. The molecule has 0 bridgehead atoms. The Hall–Kier alpha value is -2.18. The van der Waals surface area contributed by atoms with Crippen molar-refractivity contribution in [1.82, 2.24) is 10.4 Å². The van der Waals surface area contributed by atoms with E-state index in [4.69, 9.17) is 0 Å². The number of fused-ring (bicyclic) bond motifs is 6. The van der Waals surface area contributed by atoms with Gasteiger partial charge in [-0.2, -0.15) is 5.10 Å². The lowest BCUT2D eigenvalue weighted by atomic mass is 9.43. The Bertz CT molecular complexity index is 1220. The lowest BCUT2D eigenvalue weighted by Gasteiger charge is -2.62. The lowest BCUT2D eigenvalue weighted by Crippen LogP contribution is -2.58. The molecule has 6 nitrogen and oxygen atoms in total. The number of rotatable bonds is 6. The van der Waals surface area contributed by atoms with Crippen LogP contribution < -0.4 is 5.43 Å².